The highest BCUT2D eigenvalue weighted by Gasteiger charge is 2.18. The van der Waals surface area contributed by atoms with Crippen molar-refractivity contribution >= 4 is 40.0 Å². The number of carbonyl (C=O) groups excluding carboxylic acids is 2. The number of para-hydroxylation sites is 1. The minimum absolute atomic E-state index is 0.0385. The van der Waals surface area contributed by atoms with E-state index in [4.69, 9.17) is 0 Å². The number of thioether (sulfide) groups is 1. The summed E-state index contributed by atoms with van der Waals surface area (Å²) >= 11 is 1.35. The van der Waals surface area contributed by atoms with Gasteiger partial charge in [0.05, 0.1) is 12.2 Å². The molecule has 0 aliphatic rings. The second-order valence-electron chi connectivity index (χ2n) is 8.13. The van der Waals surface area contributed by atoms with Gasteiger partial charge in [0.2, 0.25) is 5.91 Å². The van der Waals surface area contributed by atoms with Gasteiger partial charge in [0.15, 0.2) is 10.9 Å². The highest BCUT2D eigenvalue weighted by atomic mass is 32.2. The van der Waals surface area contributed by atoms with Gasteiger partial charge in [0, 0.05) is 41.9 Å². The second-order valence-corrected chi connectivity index (χ2v) is 9.07. The van der Waals surface area contributed by atoms with Gasteiger partial charge in [0.1, 0.15) is 5.82 Å². The van der Waals surface area contributed by atoms with Crippen LogP contribution in [0.25, 0.3) is 10.9 Å². The van der Waals surface area contributed by atoms with E-state index in [2.05, 4.69) is 21.6 Å². The molecule has 1 N–H and O–H groups in total. The first-order chi connectivity index (χ1) is 15.9. The molecule has 170 valence electrons. The third-order valence-corrected chi connectivity index (χ3v) is 6.43. The highest BCUT2D eigenvalue weighted by Crippen LogP contribution is 2.24. The maximum absolute atomic E-state index is 12.9. The molecule has 2 aromatic carbocycles. The monoisotopic (exact) mass is 461 g/mol. The van der Waals surface area contributed by atoms with Gasteiger partial charge in [0.25, 0.3) is 0 Å². The number of aryl methyl sites for hydroxylation is 3. The van der Waals surface area contributed by atoms with E-state index in [1.807, 2.05) is 79.5 Å². The minimum Gasteiger partial charge on any atom is -0.350 e. The number of anilines is 1. The number of ketones is 1. The topological polar surface area (TPSA) is 81.8 Å². The van der Waals surface area contributed by atoms with Crippen molar-refractivity contribution in [2.45, 2.75) is 38.9 Å². The summed E-state index contributed by atoms with van der Waals surface area (Å²) in [5.41, 5.74) is 4.69. The molecule has 0 unspecified atom stereocenters. The Morgan fingerprint density at radius 3 is 2.52 bits per heavy atom. The standard InChI is InChI=1S/C25H27N5O2S/c1-5-30-23(13-24(32)26-18-11-16(2)10-17(3)12-18)27-28-25(30)33-15-22(31)20-14-29(4)21-9-7-6-8-19(20)21/h6-12,14H,5,13,15H2,1-4H3,(H,26,32). The summed E-state index contributed by atoms with van der Waals surface area (Å²) in [5, 5.41) is 13.0. The first-order valence-corrected chi connectivity index (χ1v) is 11.8. The first kappa shape index (κ1) is 22.8. The number of amides is 1. The molecule has 7 nitrogen and oxygen atoms in total. The molecule has 33 heavy (non-hydrogen) atoms. The van der Waals surface area contributed by atoms with E-state index in [9.17, 15) is 9.59 Å². The van der Waals surface area contributed by atoms with E-state index in [1.165, 1.54) is 11.8 Å². The van der Waals surface area contributed by atoms with E-state index < -0.39 is 0 Å². The first-order valence-electron chi connectivity index (χ1n) is 10.9. The number of fused-ring (bicyclic) bond motifs is 1. The van der Waals surface area contributed by atoms with Gasteiger partial charge >= 0.3 is 0 Å². The lowest BCUT2D eigenvalue weighted by Crippen LogP contribution is -2.18. The lowest BCUT2D eigenvalue weighted by Gasteiger charge is -2.09. The lowest BCUT2D eigenvalue weighted by molar-refractivity contribution is -0.115. The van der Waals surface area contributed by atoms with Crippen molar-refractivity contribution in [2.24, 2.45) is 7.05 Å². The molecule has 4 rings (SSSR count). The fourth-order valence-corrected chi connectivity index (χ4v) is 4.95. The van der Waals surface area contributed by atoms with Crippen molar-refractivity contribution in [2.75, 3.05) is 11.1 Å². The molecule has 4 aromatic rings. The summed E-state index contributed by atoms with van der Waals surface area (Å²) in [6.45, 7) is 6.59. The van der Waals surface area contributed by atoms with Crippen LogP contribution in [-0.2, 0) is 24.8 Å². The Hall–Kier alpha value is -3.39. The van der Waals surface area contributed by atoms with Crippen molar-refractivity contribution in [3.63, 3.8) is 0 Å². The molecule has 0 aliphatic carbocycles. The Kier molecular flexibility index (Phi) is 6.65. The number of Topliss-reactive ketones (excluding diaryl/α,β-unsaturated/α-hetero) is 1. The van der Waals surface area contributed by atoms with Crippen LogP contribution < -0.4 is 5.32 Å². The predicted molar refractivity (Wildman–Crippen MR) is 132 cm³/mol. The van der Waals surface area contributed by atoms with Crippen LogP contribution in [-0.4, -0.2) is 36.8 Å². The second kappa shape index (κ2) is 9.62. The molecular weight excluding hydrogens is 434 g/mol. The van der Waals surface area contributed by atoms with Gasteiger partial charge in [-0.1, -0.05) is 36.0 Å². The number of benzene rings is 2. The molecule has 2 aromatic heterocycles. The zero-order valence-electron chi connectivity index (χ0n) is 19.3. The van der Waals surface area contributed by atoms with Crippen LogP contribution in [0, 0.1) is 13.8 Å². The van der Waals surface area contributed by atoms with Crippen LogP contribution in [0.5, 0.6) is 0 Å². The van der Waals surface area contributed by atoms with Gasteiger partial charge in [-0.15, -0.1) is 10.2 Å². The van der Waals surface area contributed by atoms with Crippen LogP contribution in [0.4, 0.5) is 5.69 Å². The Balaban J connectivity index is 1.44. The number of aromatic nitrogens is 4. The van der Waals surface area contributed by atoms with Gasteiger partial charge < -0.3 is 14.5 Å². The predicted octanol–water partition coefficient (Wildman–Crippen LogP) is 4.56. The van der Waals surface area contributed by atoms with E-state index in [-0.39, 0.29) is 23.9 Å². The Labute approximate surface area is 197 Å². The molecule has 0 bridgehead atoms. The van der Waals surface area contributed by atoms with Crippen LogP contribution in [0.2, 0.25) is 0 Å². The molecule has 2 heterocycles. The van der Waals surface area contributed by atoms with E-state index in [0.717, 1.165) is 27.7 Å². The van der Waals surface area contributed by atoms with Crippen molar-refractivity contribution in [1.82, 2.24) is 19.3 Å². The highest BCUT2D eigenvalue weighted by molar-refractivity contribution is 7.99. The number of nitrogens with zero attached hydrogens (tertiary/aromatic N) is 4. The maximum Gasteiger partial charge on any atom is 0.232 e. The smallest absolute Gasteiger partial charge is 0.232 e. The molecular formula is C25H27N5O2S. The summed E-state index contributed by atoms with van der Waals surface area (Å²) in [4.78, 5) is 25.5. The molecule has 0 saturated carbocycles. The maximum atomic E-state index is 12.9. The number of carbonyl (C=O) groups is 2. The SMILES string of the molecule is CCn1c(CC(=O)Nc2cc(C)cc(C)c2)nnc1SCC(=O)c1cn(C)c2ccccc12. The number of rotatable bonds is 8. The third-order valence-electron chi connectivity index (χ3n) is 5.46. The number of hydrogen-bond acceptors (Lipinski definition) is 5. The lowest BCUT2D eigenvalue weighted by atomic mass is 10.1. The Morgan fingerprint density at radius 1 is 1.06 bits per heavy atom. The zero-order chi connectivity index (χ0) is 23.5. The molecule has 0 aliphatic heterocycles. The van der Waals surface area contributed by atoms with Crippen LogP contribution in [0.1, 0.15) is 34.2 Å². The fourth-order valence-electron chi connectivity index (χ4n) is 4.04. The molecule has 8 heteroatoms. The molecule has 0 saturated heterocycles. The van der Waals surface area contributed by atoms with Gasteiger partial charge in [-0.25, -0.2) is 0 Å². The number of nitrogens with one attached hydrogen (secondary N) is 1. The molecule has 0 fully saturated rings. The van der Waals surface area contributed by atoms with E-state index in [0.29, 0.717) is 23.1 Å². The minimum atomic E-state index is -0.148. The molecule has 0 spiro atoms. The van der Waals surface area contributed by atoms with Gasteiger partial charge in [-0.2, -0.15) is 0 Å². The summed E-state index contributed by atoms with van der Waals surface area (Å²) in [6.07, 6.45) is 1.99. The Morgan fingerprint density at radius 2 is 1.79 bits per heavy atom. The summed E-state index contributed by atoms with van der Waals surface area (Å²) in [5.74, 6) is 0.725. The number of hydrogen-bond donors (Lipinski definition) is 1. The van der Waals surface area contributed by atoms with Crippen LogP contribution in [0.15, 0.2) is 53.8 Å². The summed E-state index contributed by atoms with van der Waals surface area (Å²) < 4.78 is 3.86. The zero-order valence-corrected chi connectivity index (χ0v) is 20.1. The summed E-state index contributed by atoms with van der Waals surface area (Å²) in [6, 6.07) is 13.8. The molecule has 0 atom stereocenters. The Bertz CT molecular complexity index is 1320. The van der Waals surface area contributed by atoms with Crippen molar-refractivity contribution < 1.29 is 9.59 Å². The van der Waals surface area contributed by atoms with Gasteiger partial charge in [-0.3, -0.25) is 9.59 Å². The van der Waals surface area contributed by atoms with E-state index >= 15 is 0 Å². The van der Waals surface area contributed by atoms with E-state index in [1.54, 1.807) is 0 Å². The molecule has 0 radical (unpaired) electrons. The average Bonchev–Trinajstić information content (AvgIpc) is 3.31. The molecule has 1 amide bonds. The third kappa shape index (κ3) is 5.01. The average molecular weight is 462 g/mol. The van der Waals surface area contributed by atoms with Crippen molar-refractivity contribution in [3.8, 4) is 0 Å². The quantitative estimate of drug-likeness (QED) is 0.307. The van der Waals surface area contributed by atoms with Crippen molar-refractivity contribution in [1.29, 1.82) is 0 Å². The van der Waals surface area contributed by atoms with Crippen LogP contribution >= 0.6 is 11.8 Å². The largest absolute Gasteiger partial charge is 0.350 e. The fraction of sp³-hybridized carbons (Fsp3) is 0.280. The normalized spacial score (nSPS) is 11.2. The van der Waals surface area contributed by atoms with Crippen molar-refractivity contribution in [3.05, 3.63) is 71.2 Å². The summed E-state index contributed by atoms with van der Waals surface area (Å²) in [7, 11) is 1.94. The van der Waals surface area contributed by atoms with Crippen LogP contribution in [0.3, 0.4) is 0 Å². The van der Waals surface area contributed by atoms with Gasteiger partial charge in [-0.05, 0) is 50.1 Å².